The minimum atomic E-state index is -0.0782. The van der Waals surface area contributed by atoms with Gasteiger partial charge in [-0.2, -0.15) is 0 Å². The largest absolute Gasteiger partial charge is 0.497 e. The lowest BCUT2D eigenvalue weighted by Crippen LogP contribution is -2.34. The minimum absolute atomic E-state index is 0.0439. The highest BCUT2D eigenvalue weighted by atomic mass is 16.5. The van der Waals surface area contributed by atoms with Crippen molar-refractivity contribution in [2.45, 2.75) is 13.0 Å². The lowest BCUT2D eigenvalue weighted by molar-refractivity contribution is 0.0754. The summed E-state index contributed by atoms with van der Waals surface area (Å²) in [5.41, 5.74) is 2.05. The number of benzene rings is 2. The molecule has 0 radical (unpaired) electrons. The Hall–Kier alpha value is -3.61. The number of methoxy groups -OCH3 is 1. The number of nitrogens with one attached hydrogen (secondary N) is 1. The van der Waals surface area contributed by atoms with E-state index in [0.717, 1.165) is 22.5 Å². The second-order valence-corrected chi connectivity index (χ2v) is 7.18. The van der Waals surface area contributed by atoms with Crippen LogP contribution in [0.5, 0.6) is 5.75 Å². The molecule has 3 heterocycles. The van der Waals surface area contributed by atoms with Crippen LogP contribution < -0.4 is 10.3 Å². The number of aromatic amines is 1. The fraction of sp³-hybridized carbons (Fsp3) is 0.227. The first-order valence-electron chi connectivity index (χ1n) is 9.58. The SMILES string of the molecule is COc1ccc2cc(C(=O)N3CCc4nc5ccccc5c(=O)n4CC3)[nH]c2c1. The molecule has 0 spiro atoms. The molecule has 1 aliphatic heterocycles. The first-order valence-corrected chi connectivity index (χ1v) is 9.58. The predicted octanol–water partition coefficient (Wildman–Crippen LogP) is 2.58. The van der Waals surface area contributed by atoms with Crippen LogP contribution in [0.4, 0.5) is 0 Å². The number of fused-ring (bicyclic) bond motifs is 3. The van der Waals surface area contributed by atoms with Crippen molar-refractivity contribution < 1.29 is 9.53 Å². The molecule has 0 aliphatic carbocycles. The average molecular weight is 388 g/mol. The van der Waals surface area contributed by atoms with Gasteiger partial charge in [-0.05, 0) is 30.3 Å². The van der Waals surface area contributed by atoms with Crippen molar-refractivity contribution in [1.82, 2.24) is 19.4 Å². The van der Waals surface area contributed by atoms with Gasteiger partial charge in [-0.3, -0.25) is 14.2 Å². The lowest BCUT2D eigenvalue weighted by Gasteiger charge is -2.18. The summed E-state index contributed by atoms with van der Waals surface area (Å²) in [6.07, 6.45) is 0.542. The first kappa shape index (κ1) is 17.5. The van der Waals surface area contributed by atoms with E-state index in [0.29, 0.717) is 42.7 Å². The summed E-state index contributed by atoms with van der Waals surface area (Å²) in [6, 6.07) is 14.9. The maximum atomic E-state index is 13.1. The average Bonchev–Trinajstić information content (AvgIpc) is 3.06. The quantitative estimate of drug-likeness (QED) is 0.572. The topological polar surface area (TPSA) is 80.2 Å². The van der Waals surface area contributed by atoms with Crippen LogP contribution in [0.15, 0.2) is 53.3 Å². The maximum absolute atomic E-state index is 13.1. The zero-order valence-electron chi connectivity index (χ0n) is 16.0. The van der Waals surface area contributed by atoms with E-state index in [1.807, 2.05) is 42.5 Å². The van der Waals surface area contributed by atoms with E-state index >= 15 is 0 Å². The Bertz CT molecular complexity index is 1300. The van der Waals surface area contributed by atoms with Gasteiger partial charge in [-0.25, -0.2) is 4.98 Å². The summed E-state index contributed by atoms with van der Waals surface area (Å²) in [6.45, 7) is 1.42. The standard InChI is InChI=1S/C22H20N4O3/c1-29-15-7-6-14-12-19(23-18(14)13-15)22(28)25-9-8-20-24-17-5-3-2-4-16(17)21(27)26(20)11-10-25/h2-7,12-13,23H,8-11H2,1H3. The lowest BCUT2D eigenvalue weighted by atomic mass is 10.2. The molecule has 0 saturated heterocycles. The molecule has 1 aliphatic rings. The van der Waals surface area contributed by atoms with E-state index in [2.05, 4.69) is 9.97 Å². The van der Waals surface area contributed by atoms with Gasteiger partial charge in [0.15, 0.2) is 0 Å². The molecule has 5 rings (SSSR count). The van der Waals surface area contributed by atoms with Gasteiger partial charge in [0.25, 0.3) is 11.5 Å². The molecular formula is C22H20N4O3. The number of carbonyl (C=O) groups excluding carboxylic acids is 1. The summed E-state index contributed by atoms with van der Waals surface area (Å²) in [5, 5.41) is 1.57. The number of para-hydroxylation sites is 1. The van der Waals surface area contributed by atoms with E-state index in [1.165, 1.54) is 0 Å². The molecule has 1 N–H and O–H groups in total. The van der Waals surface area contributed by atoms with Crippen molar-refractivity contribution in [3.05, 3.63) is 70.4 Å². The number of ether oxygens (including phenoxy) is 1. The van der Waals surface area contributed by atoms with Crippen LogP contribution in [0.2, 0.25) is 0 Å². The number of nitrogens with zero attached hydrogens (tertiary/aromatic N) is 3. The number of aromatic nitrogens is 3. The van der Waals surface area contributed by atoms with E-state index in [9.17, 15) is 9.59 Å². The van der Waals surface area contributed by atoms with Gasteiger partial charge < -0.3 is 14.6 Å². The molecule has 0 saturated carbocycles. The second kappa shape index (κ2) is 6.77. The Kier molecular flexibility index (Phi) is 4.08. The van der Waals surface area contributed by atoms with Gasteiger partial charge in [-0.1, -0.05) is 12.1 Å². The van der Waals surface area contributed by atoms with Crippen molar-refractivity contribution in [3.63, 3.8) is 0 Å². The third-order valence-electron chi connectivity index (χ3n) is 5.49. The van der Waals surface area contributed by atoms with E-state index in [1.54, 1.807) is 22.6 Å². The molecule has 1 amide bonds. The second-order valence-electron chi connectivity index (χ2n) is 7.18. The van der Waals surface area contributed by atoms with Gasteiger partial charge >= 0.3 is 0 Å². The van der Waals surface area contributed by atoms with Crippen LogP contribution in [-0.2, 0) is 13.0 Å². The maximum Gasteiger partial charge on any atom is 0.270 e. The summed E-state index contributed by atoms with van der Waals surface area (Å²) in [7, 11) is 1.62. The fourth-order valence-electron chi connectivity index (χ4n) is 3.92. The molecule has 0 fully saturated rings. The van der Waals surface area contributed by atoms with E-state index < -0.39 is 0 Å². The Morgan fingerprint density at radius 1 is 1.10 bits per heavy atom. The Morgan fingerprint density at radius 2 is 1.97 bits per heavy atom. The third kappa shape index (κ3) is 2.95. The molecule has 0 unspecified atom stereocenters. The molecule has 7 nitrogen and oxygen atoms in total. The minimum Gasteiger partial charge on any atom is -0.497 e. The summed E-state index contributed by atoms with van der Waals surface area (Å²) in [5.74, 6) is 1.39. The highest BCUT2D eigenvalue weighted by Crippen LogP contribution is 2.22. The van der Waals surface area contributed by atoms with E-state index in [-0.39, 0.29) is 11.5 Å². The zero-order chi connectivity index (χ0) is 20.0. The van der Waals surface area contributed by atoms with Crippen LogP contribution in [0.1, 0.15) is 16.3 Å². The monoisotopic (exact) mass is 388 g/mol. The Morgan fingerprint density at radius 3 is 2.83 bits per heavy atom. The van der Waals surface area contributed by atoms with Crippen LogP contribution in [0.3, 0.4) is 0 Å². The van der Waals surface area contributed by atoms with Crippen LogP contribution >= 0.6 is 0 Å². The van der Waals surface area contributed by atoms with Gasteiger partial charge in [0, 0.05) is 43.0 Å². The molecule has 2 aromatic heterocycles. The third-order valence-corrected chi connectivity index (χ3v) is 5.49. The van der Waals surface area contributed by atoms with Crippen molar-refractivity contribution in [2.24, 2.45) is 0 Å². The van der Waals surface area contributed by atoms with Crippen molar-refractivity contribution in [2.75, 3.05) is 20.2 Å². The van der Waals surface area contributed by atoms with Gasteiger partial charge in [0.1, 0.15) is 17.3 Å². The molecule has 29 heavy (non-hydrogen) atoms. The number of H-pyrrole nitrogens is 1. The number of carbonyl (C=O) groups is 1. The van der Waals surface area contributed by atoms with Gasteiger partial charge in [-0.15, -0.1) is 0 Å². The van der Waals surface area contributed by atoms with Crippen LogP contribution in [0, 0.1) is 0 Å². The molecule has 146 valence electrons. The first-order chi connectivity index (χ1) is 14.1. The summed E-state index contributed by atoms with van der Waals surface area (Å²) < 4.78 is 6.95. The molecule has 2 aromatic carbocycles. The molecule has 4 aromatic rings. The highest BCUT2D eigenvalue weighted by molar-refractivity contribution is 5.98. The fourth-order valence-corrected chi connectivity index (χ4v) is 3.92. The predicted molar refractivity (Wildman–Crippen MR) is 110 cm³/mol. The summed E-state index contributed by atoms with van der Waals surface area (Å²) >= 11 is 0. The number of amides is 1. The Labute approximate surface area is 166 Å². The Balaban J connectivity index is 1.44. The van der Waals surface area contributed by atoms with Crippen LogP contribution in [0.25, 0.3) is 21.8 Å². The van der Waals surface area contributed by atoms with Crippen molar-refractivity contribution >= 4 is 27.7 Å². The van der Waals surface area contributed by atoms with Crippen molar-refractivity contribution in [3.8, 4) is 5.75 Å². The molecular weight excluding hydrogens is 368 g/mol. The number of hydrogen-bond acceptors (Lipinski definition) is 4. The van der Waals surface area contributed by atoms with Crippen molar-refractivity contribution in [1.29, 1.82) is 0 Å². The molecule has 7 heteroatoms. The zero-order valence-corrected chi connectivity index (χ0v) is 16.0. The highest BCUT2D eigenvalue weighted by Gasteiger charge is 2.23. The smallest absolute Gasteiger partial charge is 0.270 e. The summed E-state index contributed by atoms with van der Waals surface area (Å²) in [4.78, 5) is 35.6. The number of hydrogen-bond donors (Lipinski definition) is 1. The normalized spacial score (nSPS) is 14.0. The van der Waals surface area contributed by atoms with Gasteiger partial charge in [0.2, 0.25) is 0 Å². The number of rotatable bonds is 2. The molecule has 0 atom stereocenters. The van der Waals surface area contributed by atoms with E-state index in [4.69, 9.17) is 4.74 Å². The van der Waals surface area contributed by atoms with Crippen LogP contribution in [-0.4, -0.2) is 45.5 Å². The molecule has 0 bridgehead atoms. The van der Waals surface area contributed by atoms with Gasteiger partial charge in [0.05, 0.1) is 18.0 Å².